The maximum atomic E-state index is 12.9. The molecule has 42 heavy (non-hydrogen) atoms. The monoisotopic (exact) mass is 598 g/mol. The first-order valence-electron chi connectivity index (χ1n) is 14.5. The summed E-state index contributed by atoms with van der Waals surface area (Å²) < 4.78 is 46.9. The minimum Gasteiger partial charge on any atom is -0.374 e. The van der Waals surface area contributed by atoms with Crippen LogP contribution in [0.3, 0.4) is 0 Å². The van der Waals surface area contributed by atoms with Crippen molar-refractivity contribution < 1.29 is 17.9 Å². The van der Waals surface area contributed by atoms with Crippen molar-refractivity contribution in [2.75, 3.05) is 18.4 Å². The van der Waals surface area contributed by atoms with Gasteiger partial charge in [0.15, 0.2) is 0 Å². The zero-order chi connectivity index (χ0) is 30.0. The van der Waals surface area contributed by atoms with E-state index in [1.165, 1.54) is 17.5 Å². The lowest BCUT2D eigenvalue weighted by molar-refractivity contribution is -0.126. The number of piperidine rings is 1. The van der Waals surface area contributed by atoms with E-state index < -0.39 is 12.6 Å². The van der Waals surface area contributed by atoms with E-state index in [1.54, 1.807) is 6.07 Å². The smallest absolute Gasteiger partial charge is 0.374 e. The van der Waals surface area contributed by atoms with Gasteiger partial charge in [-0.3, -0.25) is 4.90 Å². The highest BCUT2D eigenvalue weighted by Crippen LogP contribution is 2.33. The fraction of sp³-hybridized carbons (Fsp3) is 0.516. The molecule has 1 fully saturated rings. The molecule has 11 heteroatoms. The van der Waals surface area contributed by atoms with Gasteiger partial charge in [0.25, 0.3) is 0 Å². The Morgan fingerprint density at radius 3 is 2.60 bits per heavy atom. The van der Waals surface area contributed by atoms with E-state index in [0.29, 0.717) is 28.3 Å². The van der Waals surface area contributed by atoms with Crippen molar-refractivity contribution in [1.29, 1.82) is 5.26 Å². The minimum absolute atomic E-state index is 0.0442. The van der Waals surface area contributed by atoms with Crippen LogP contribution in [0.25, 0.3) is 21.1 Å². The number of benzene rings is 1. The second-order valence-corrected chi connectivity index (χ2v) is 12.5. The van der Waals surface area contributed by atoms with Gasteiger partial charge in [0.1, 0.15) is 28.7 Å². The molecule has 0 aliphatic carbocycles. The third-order valence-electron chi connectivity index (χ3n) is 7.96. The molecule has 0 spiro atoms. The highest BCUT2D eigenvalue weighted by Gasteiger charge is 2.29. The molecule has 0 radical (unpaired) electrons. The van der Waals surface area contributed by atoms with Crippen molar-refractivity contribution in [1.82, 2.24) is 19.4 Å². The lowest BCUT2D eigenvalue weighted by atomic mass is 10.0. The van der Waals surface area contributed by atoms with Gasteiger partial charge in [0.2, 0.25) is 0 Å². The predicted molar refractivity (Wildman–Crippen MR) is 161 cm³/mol. The predicted octanol–water partition coefficient (Wildman–Crippen LogP) is 7.21. The van der Waals surface area contributed by atoms with E-state index in [2.05, 4.69) is 56.8 Å². The highest BCUT2D eigenvalue weighted by atomic mass is 32.1. The van der Waals surface area contributed by atoms with Crippen LogP contribution in [0.5, 0.6) is 0 Å². The number of hydrogen-bond donors (Lipinski definition) is 1. The molecule has 3 aromatic heterocycles. The van der Waals surface area contributed by atoms with E-state index in [4.69, 9.17) is 4.74 Å². The first-order valence-corrected chi connectivity index (χ1v) is 15.3. The number of aromatic nitrogens is 3. The first-order chi connectivity index (χ1) is 20.0. The summed E-state index contributed by atoms with van der Waals surface area (Å²) in [6.07, 6.45) is -0.945. The summed E-state index contributed by atoms with van der Waals surface area (Å²) in [5, 5.41) is 15.1. The lowest BCUT2D eigenvalue weighted by Crippen LogP contribution is -2.39. The summed E-state index contributed by atoms with van der Waals surface area (Å²) in [5.74, 6) is 0.603. The molecule has 1 unspecified atom stereocenters. The van der Waals surface area contributed by atoms with Crippen molar-refractivity contribution >= 4 is 38.3 Å². The largest absolute Gasteiger partial charge is 0.393 e. The standard InChI is InChI=1S/C31H37F3N6OS/c1-5-24(41-19(2)3)17-40-23(15-35)12-26-20(4)21(6-7-28(26)40)16-39-10-8-22(9-11-39)38-29-27-13-25(14-31(32,33)34)42-30(27)37-18-36-29/h6-7,12-13,18-19,22,24H,5,8-11,14,16-17H2,1-4H3,(H,36,37,38). The van der Waals surface area contributed by atoms with Gasteiger partial charge < -0.3 is 14.6 Å². The van der Waals surface area contributed by atoms with Crippen molar-refractivity contribution in [2.24, 2.45) is 0 Å². The molecule has 1 aliphatic heterocycles. The molecule has 1 aromatic carbocycles. The van der Waals surface area contributed by atoms with Crippen LogP contribution in [0.4, 0.5) is 19.0 Å². The van der Waals surface area contributed by atoms with Gasteiger partial charge >= 0.3 is 6.18 Å². The average molecular weight is 599 g/mol. The minimum atomic E-state index is -4.25. The summed E-state index contributed by atoms with van der Waals surface area (Å²) in [4.78, 5) is 11.8. The number of rotatable bonds is 10. The SMILES string of the molecule is CCC(Cn1c(C#N)cc2c(C)c(CN3CCC(Nc4ncnc5sc(CC(F)(F)F)cc45)CC3)ccc21)OC(C)C. The van der Waals surface area contributed by atoms with Crippen molar-refractivity contribution in [3.8, 4) is 6.07 Å². The second-order valence-electron chi connectivity index (χ2n) is 11.4. The van der Waals surface area contributed by atoms with Gasteiger partial charge in [-0.2, -0.15) is 18.4 Å². The Kier molecular flexibility index (Phi) is 9.06. The highest BCUT2D eigenvalue weighted by molar-refractivity contribution is 7.18. The third kappa shape index (κ3) is 6.88. The molecule has 1 atom stereocenters. The molecule has 7 nitrogen and oxygen atoms in total. The second kappa shape index (κ2) is 12.6. The van der Waals surface area contributed by atoms with Gasteiger partial charge in [-0.15, -0.1) is 11.3 Å². The number of nitrogens with one attached hydrogen (secondary N) is 1. The molecular formula is C31H37F3N6OS. The van der Waals surface area contributed by atoms with Gasteiger partial charge in [0, 0.05) is 41.5 Å². The average Bonchev–Trinajstić information content (AvgIpc) is 3.51. The maximum absolute atomic E-state index is 12.9. The summed E-state index contributed by atoms with van der Waals surface area (Å²) in [5.41, 5.74) is 4.15. The van der Waals surface area contributed by atoms with Crippen LogP contribution in [0.2, 0.25) is 0 Å². The molecule has 1 saturated heterocycles. The number of likely N-dealkylation sites (tertiary alicyclic amines) is 1. The summed E-state index contributed by atoms with van der Waals surface area (Å²) in [7, 11) is 0. The van der Waals surface area contributed by atoms with E-state index >= 15 is 0 Å². The van der Waals surface area contributed by atoms with Crippen molar-refractivity contribution in [3.63, 3.8) is 0 Å². The van der Waals surface area contributed by atoms with Gasteiger partial charge in [-0.25, -0.2) is 9.97 Å². The summed E-state index contributed by atoms with van der Waals surface area (Å²) in [6.45, 7) is 11.6. The zero-order valence-electron chi connectivity index (χ0n) is 24.5. The third-order valence-corrected chi connectivity index (χ3v) is 9.01. The summed E-state index contributed by atoms with van der Waals surface area (Å²) >= 11 is 1.07. The van der Waals surface area contributed by atoms with Gasteiger partial charge in [0.05, 0.1) is 30.6 Å². The van der Waals surface area contributed by atoms with Gasteiger partial charge in [-0.05, 0) is 69.4 Å². The van der Waals surface area contributed by atoms with Crippen LogP contribution < -0.4 is 5.32 Å². The first kappa shape index (κ1) is 30.3. The summed E-state index contributed by atoms with van der Waals surface area (Å²) in [6, 6.07) is 10.4. The Morgan fingerprint density at radius 1 is 1.17 bits per heavy atom. The van der Waals surface area contributed by atoms with Crippen LogP contribution in [-0.4, -0.2) is 57.0 Å². The number of anilines is 1. The molecule has 224 valence electrons. The Bertz CT molecular complexity index is 1580. The van der Waals surface area contributed by atoms with Crippen LogP contribution in [0.1, 0.15) is 61.7 Å². The molecule has 0 bridgehead atoms. The molecule has 5 rings (SSSR count). The number of thiophene rings is 1. The lowest BCUT2D eigenvalue weighted by Gasteiger charge is -2.33. The Balaban J connectivity index is 1.24. The zero-order valence-corrected chi connectivity index (χ0v) is 25.3. The number of nitriles is 1. The molecule has 0 amide bonds. The van der Waals surface area contributed by atoms with Crippen molar-refractivity contribution in [3.05, 3.63) is 52.3 Å². The molecule has 1 N–H and O–H groups in total. The topological polar surface area (TPSA) is 79.0 Å². The van der Waals surface area contributed by atoms with Crippen molar-refractivity contribution in [2.45, 2.75) is 90.9 Å². The quantitative estimate of drug-likeness (QED) is 0.208. The molecule has 4 heterocycles. The van der Waals surface area contributed by atoms with Gasteiger partial charge in [-0.1, -0.05) is 13.0 Å². The Morgan fingerprint density at radius 2 is 1.93 bits per heavy atom. The Labute approximate surface area is 248 Å². The number of nitrogens with zero attached hydrogens (tertiary/aromatic N) is 5. The molecular weight excluding hydrogens is 561 g/mol. The van der Waals surface area contributed by atoms with Crippen LogP contribution >= 0.6 is 11.3 Å². The van der Waals surface area contributed by atoms with E-state index in [9.17, 15) is 18.4 Å². The molecule has 4 aromatic rings. The van der Waals surface area contributed by atoms with E-state index in [0.717, 1.165) is 61.1 Å². The molecule has 1 aliphatic rings. The number of halogens is 3. The Hall–Kier alpha value is -3.20. The number of ether oxygens (including phenoxy) is 1. The fourth-order valence-electron chi connectivity index (χ4n) is 5.81. The molecule has 0 saturated carbocycles. The number of hydrogen-bond acceptors (Lipinski definition) is 7. The number of alkyl halides is 3. The van der Waals surface area contributed by atoms with Crippen LogP contribution in [0.15, 0.2) is 30.6 Å². The van der Waals surface area contributed by atoms with E-state index in [-0.39, 0.29) is 23.1 Å². The van der Waals surface area contributed by atoms with E-state index in [1.807, 2.05) is 19.9 Å². The van der Waals surface area contributed by atoms with Crippen LogP contribution in [-0.2, 0) is 24.2 Å². The maximum Gasteiger partial charge on any atom is 0.393 e. The normalized spacial score (nSPS) is 16.0. The number of aryl methyl sites for hydroxylation is 1. The van der Waals surface area contributed by atoms with Crippen LogP contribution in [0, 0.1) is 18.3 Å². The number of fused-ring (bicyclic) bond motifs is 2. The fourth-order valence-corrected chi connectivity index (χ4v) is 6.84.